The van der Waals surface area contributed by atoms with Crippen LogP contribution >= 0.6 is 0 Å². The Morgan fingerprint density at radius 3 is 2.46 bits per heavy atom. The Hall–Kier alpha value is -2.99. The first-order chi connectivity index (χ1) is 13.3. The summed E-state index contributed by atoms with van der Waals surface area (Å²) in [5.74, 6) is -0.0458. The van der Waals surface area contributed by atoms with E-state index in [2.05, 4.69) is 10.5 Å². The Labute approximate surface area is 164 Å². The molecule has 2 aromatic carbocycles. The van der Waals surface area contributed by atoms with Crippen molar-refractivity contribution in [1.82, 2.24) is 15.4 Å². The summed E-state index contributed by atoms with van der Waals surface area (Å²) in [7, 11) is 3.82. The van der Waals surface area contributed by atoms with Crippen molar-refractivity contribution in [3.05, 3.63) is 76.7 Å². The highest BCUT2D eigenvalue weighted by atomic mass is 19.1. The fourth-order valence-corrected chi connectivity index (χ4v) is 2.98. The number of aryl methyl sites for hydroxylation is 2. The number of halogens is 1. The van der Waals surface area contributed by atoms with Gasteiger partial charge in [-0.3, -0.25) is 4.79 Å². The zero-order valence-electron chi connectivity index (χ0n) is 16.5. The lowest BCUT2D eigenvalue weighted by molar-refractivity contribution is 0.0933. The molecule has 5 nitrogen and oxygen atoms in total. The van der Waals surface area contributed by atoms with Gasteiger partial charge >= 0.3 is 0 Å². The van der Waals surface area contributed by atoms with Crippen molar-refractivity contribution in [1.29, 1.82) is 0 Å². The van der Waals surface area contributed by atoms with Crippen LogP contribution in [0.2, 0.25) is 0 Å². The van der Waals surface area contributed by atoms with E-state index in [1.54, 1.807) is 18.2 Å². The summed E-state index contributed by atoms with van der Waals surface area (Å²) in [6, 6.07) is 13.8. The van der Waals surface area contributed by atoms with Gasteiger partial charge < -0.3 is 14.7 Å². The Kier molecular flexibility index (Phi) is 5.90. The first kappa shape index (κ1) is 19.8. The molecule has 1 amide bonds. The normalized spacial score (nSPS) is 12.2. The van der Waals surface area contributed by atoms with Crippen molar-refractivity contribution < 1.29 is 13.7 Å². The van der Waals surface area contributed by atoms with Crippen LogP contribution in [0.5, 0.6) is 0 Å². The molecule has 1 heterocycles. The van der Waals surface area contributed by atoms with E-state index in [-0.39, 0.29) is 23.5 Å². The number of nitrogens with one attached hydrogen (secondary N) is 1. The number of nitrogens with zero attached hydrogens (tertiary/aromatic N) is 2. The molecule has 0 saturated heterocycles. The number of carbonyl (C=O) groups excluding carboxylic acids is 1. The minimum absolute atomic E-state index is 0.0873. The fourth-order valence-electron chi connectivity index (χ4n) is 2.98. The first-order valence-electron chi connectivity index (χ1n) is 9.09. The van der Waals surface area contributed by atoms with Gasteiger partial charge in [0, 0.05) is 18.2 Å². The van der Waals surface area contributed by atoms with Gasteiger partial charge in [0.2, 0.25) is 0 Å². The summed E-state index contributed by atoms with van der Waals surface area (Å²) in [6.07, 6.45) is 0. The van der Waals surface area contributed by atoms with Crippen LogP contribution in [0.25, 0.3) is 11.3 Å². The molecular formula is C22H24FN3O2. The van der Waals surface area contributed by atoms with E-state index >= 15 is 0 Å². The molecular weight excluding hydrogens is 357 g/mol. The van der Waals surface area contributed by atoms with Crippen molar-refractivity contribution in [2.75, 3.05) is 20.6 Å². The van der Waals surface area contributed by atoms with Crippen molar-refractivity contribution in [3.63, 3.8) is 0 Å². The van der Waals surface area contributed by atoms with Crippen molar-refractivity contribution >= 4 is 5.91 Å². The molecule has 0 aliphatic rings. The van der Waals surface area contributed by atoms with E-state index in [4.69, 9.17) is 4.52 Å². The number of rotatable bonds is 6. The number of benzene rings is 2. The molecule has 0 aliphatic carbocycles. The van der Waals surface area contributed by atoms with Gasteiger partial charge in [0.1, 0.15) is 5.82 Å². The molecule has 0 bridgehead atoms. The Morgan fingerprint density at radius 1 is 1.11 bits per heavy atom. The zero-order chi connectivity index (χ0) is 20.3. The minimum Gasteiger partial charge on any atom is -0.355 e. The number of carbonyl (C=O) groups is 1. The lowest BCUT2D eigenvalue weighted by Crippen LogP contribution is -2.34. The smallest absolute Gasteiger partial charge is 0.273 e. The average Bonchev–Trinajstić information content (AvgIpc) is 3.15. The number of amides is 1. The molecule has 0 saturated carbocycles. The third-order valence-corrected chi connectivity index (χ3v) is 4.87. The van der Waals surface area contributed by atoms with E-state index in [0.717, 1.165) is 16.7 Å². The lowest BCUT2D eigenvalue weighted by Gasteiger charge is -2.25. The molecule has 0 fully saturated rings. The van der Waals surface area contributed by atoms with Gasteiger partial charge in [-0.15, -0.1) is 0 Å². The van der Waals surface area contributed by atoms with E-state index in [9.17, 15) is 9.18 Å². The molecule has 3 rings (SSSR count). The molecule has 1 unspecified atom stereocenters. The molecule has 1 aromatic heterocycles. The van der Waals surface area contributed by atoms with E-state index in [1.807, 2.05) is 51.0 Å². The highest BCUT2D eigenvalue weighted by molar-refractivity contribution is 5.93. The third-order valence-electron chi connectivity index (χ3n) is 4.87. The van der Waals surface area contributed by atoms with Crippen LogP contribution in [0.1, 0.15) is 33.2 Å². The minimum atomic E-state index is -0.312. The maximum Gasteiger partial charge on any atom is 0.273 e. The second-order valence-corrected chi connectivity index (χ2v) is 7.12. The van der Waals surface area contributed by atoms with E-state index < -0.39 is 0 Å². The summed E-state index contributed by atoms with van der Waals surface area (Å²) in [5.41, 5.74) is 4.37. The van der Waals surface area contributed by atoms with Gasteiger partial charge in [-0.1, -0.05) is 29.4 Å². The Bertz CT molecular complexity index is 964. The van der Waals surface area contributed by atoms with Gasteiger partial charge in [0.25, 0.3) is 5.91 Å². The third kappa shape index (κ3) is 4.46. The molecule has 146 valence electrons. The second kappa shape index (κ2) is 8.35. The van der Waals surface area contributed by atoms with Crippen LogP contribution in [0, 0.1) is 19.7 Å². The molecule has 6 heteroatoms. The summed E-state index contributed by atoms with van der Waals surface area (Å²) in [5, 5.41) is 6.78. The van der Waals surface area contributed by atoms with E-state index in [0.29, 0.717) is 12.3 Å². The SMILES string of the molecule is Cc1ccc(-c2cc(C(=O)NCC(c3ccc(F)cc3)N(C)C)no2)cc1C. The molecule has 1 atom stereocenters. The van der Waals surface area contributed by atoms with Gasteiger partial charge in [-0.2, -0.15) is 0 Å². The standard InChI is InChI=1S/C22H24FN3O2/c1-14-5-6-17(11-15(14)2)21-12-19(25-28-21)22(27)24-13-20(26(3)4)16-7-9-18(23)10-8-16/h5-12,20H,13H2,1-4H3,(H,24,27). The molecule has 0 aliphatic heterocycles. The lowest BCUT2D eigenvalue weighted by atomic mass is 10.0. The maximum absolute atomic E-state index is 13.2. The van der Waals surface area contributed by atoms with Crippen LogP contribution in [0.3, 0.4) is 0 Å². The van der Waals surface area contributed by atoms with Crippen LogP contribution in [0.15, 0.2) is 53.1 Å². The first-order valence-corrected chi connectivity index (χ1v) is 9.09. The Balaban J connectivity index is 1.69. The summed E-state index contributed by atoms with van der Waals surface area (Å²) in [6.45, 7) is 4.43. The quantitative estimate of drug-likeness (QED) is 0.697. The maximum atomic E-state index is 13.2. The second-order valence-electron chi connectivity index (χ2n) is 7.12. The summed E-state index contributed by atoms with van der Waals surface area (Å²) < 4.78 is 18.5. The zero-order valence-corrected chi connectivity index (χ0v) is 16.5. The number of hydrogen-bond acceptors (Lipinski definition) is 4. The highest BCUT2D eigenvalue weighted by Gasteiger charge is 2.18. The summed E-state index contributed by atoms with van der Waals surface area (Å²) >= 11 is 0. The van der Waals surface area contributed by atoms with Crippen LogP contribution < -0.4 is 5.32 Å². The van der Waals surface area contributed by atoms with Crippen LogP contribution in [-0.4, -0.2) is 36.6 Å². The topological polar surface area (TPSA) is 58.4 Å². The largest absolute Gasteiger partial charge is 0.355 e. The van der Waals surface area contributed by atoms with Crippen LogP contribution in [-0.2, 0) is 0 Å². The van der Waals surface area contributed by atoms with Crippen molar-refractivity contribution in [2.24, 2.45) is 0 Å². The molecule has 28 heavy (non-hydrogen) atoms. The summed E-state index contributed by atoms with van der Waals surface area (Å²) in [4.78, 5) is 14.5. The van der Waals surface area contributed by atoms with Crippen molar-refractivity contribution in [2.45, 2.75) is 19.9 Å². The van der Waals surface area contributed by atoms with Crippen molar-refractivity contribution in [3.8, 4) is 11.3 Å². The predicted octanol–water partition coefficient (Wildman–Crippen LogP) is 4.13. The number of aromatic nitrogens is 1. The fraction of sp³-hybridized carbons (Fsp3) is 0.273. The van der Waals surface area contributed by atoms with Gasteiger partial charge in [-0.05, 0) is 62.8 Å². The van der Waals surface area contributed by atoms with Gasteiger partial charge in [-0.25, -0.2) is 4.39 Å². The predicted molar refractivity (Wildman–Crippen MR) is 107 cm³/mol. The average molecular weight is 381 g/mol. The highest BCUT2D eigenvalue weighted by Crippen LogP contribution is 2.23. The number of hydrogen-bond donors (Lipinski definition) is 1. The molecule has 0 spiro atoms. The van der Waals surface area contributed by atoms with Gasteiger partial charge in [0.15, 0.2) is 11.5 Å². The monoisotopic (exact) mass is 381 g/mol. The molecule has 3 aromatic rings. The van der Waals surface area contributed by atoms with Gasteiger partial charge in [0.05, 0.1) is 6.04 Å². The molecule has 1 N–H and O–H groups in total. The Morgan fingerprint density at radius 2 is 1.82 bits per heavy atom. The van der Waals surface area contributed by atoms with Crippen LogP contribution in [0.4, 0.5) is 4.39 Å². The van der Waals surface area contributed by atoms with E-state index in [1.165, 1.54) is 17.7 Å². The molecule has 0 radical (unpaired) electrons. The number of likely N-dealkylation sites (N-methyl/N-ethyl adjacent to an activating group) is 1.